The molecule has 0 fully saturated rings. The minimum Gasteiger partial charge on any atom is -0.756 e. The molecule has 86 heavy (non-hydrogen) atoms. The van der Waals surface area contributed by atoms with Crippen LogP contribution in [0.5, 0.6) is 0 Å². The van der Waals surface area contributed by atoms with Crippen molar-refractivity contribution in [1.82, 2.24) is 5.32 Å². The normalized spacial score (nSPS) is 14.1. The van der Waals surface area contributed by atoms with Gasteiger partial charge in [0.2, 0.25) is 5.91 Å². The Hall–Kier alpha value is -3.07. The van der Waals surface area contributed by atoms with Gasteiger partial charge in [-0.15, -0.1) is 0 Å². The van der Waals surface area contributed by atoms with Crippen molar-refractivity contribution in [3.8, 4) is 0 Å². The molecule has 0 heterocycles. The zero-order valence-corrected chi connectivity index (χ0v) is 57.9. The zero-order valence-electron chi connectivity index (χ0n) is 57.0. The van der Waals surface area contributed by atoms with Gasteiger partial charge in [0.05, 0.1) is 33.8 Å². The summed E-state index contributed by atoms with van der Waals surface area (Å²) in [5.74, 6) is -0.551. The van der Waals surface area contributed by atoms with Crippen molar-refractivity contribution in [3.63, 3.8) is 0 Å². The summed E-state index contributed by atoms with van der Waals surface area (Å²) in [5, 5.41) is 3.04. The number of quaternary nitrogens is 1. The fourth-order valence-corrected chi connectivity index (χ4v) is 10.9. The van der Waals surface area contributed by atoms with Crippen LogP contribution in [0.2, 0.25) is 0 Å². The molecule has 9 nitrogen and oxygen atoms in total. The Morgan fingerprint density at radius 2 is 0.709 bits per heavy atom. The van der Waals surface area contributed by atoms with E-state index in [-0.39, 0.29) is 24.9 Å². The van der Waals surface area contributed by atoms with Gasteiger partial charge in [-0.25, -0.2) is 0 Å². The van der Waals surface area contributed by atoms with E-state index in [1.807, 2.05) is 33.3 Å². The number of allylic oxidation sites excluding steroid dienone is 15. The number of phosphoric ester groups is 1. The van der Waals surface area contributed by atoms with E-state index in [4.69, 9.17) is 13.8 Å². The second-order valence-corrected chi connectivity index (χ2v) is 26.8. The van der Waals surface area contributed by atoms with E-state index < -0.39 is 26.6 Å². The van der Waals surface area contributed by atoms with Gasteiger partial charge < -0.3 is 28.5 Å². The smallest absolute Gasteiger partial charge is 0.306 e. The third-order valence-electron chi connectivity index (χ3n) is 15.7. The highest BCUT2D eigenvalue weighted by molar-refractivity contribution is 7.45. The van der Waals surface area contributed by atoms with Crippen LogP contribution in [0.25, 0.3) is 0 Å². The Balaban J connectivity index is 5.09. The number of ether oxygens (including phenoxy) is 1. The molecule has 0 spiro atoms. The summed E-state index contributed by atoms with van der Waals surface area (Å²) in [6, 6.07) is -0.900. The van der Waals surface area contributed by atoms with Gasteiger partial charge in [0, 0.05) is 12.8 Å². The van der Waals surface area contributed by atoms with Crippen molar-refractivity contribution in [2.24, 2.45) is 0 Å². The van der Waals surface area contributed by atoms with Gasteiger partial charge in [-0.2, -0.15) is 0 Å². The Kier molecular flexibility index (Phi) is 62.6. The first kappa shape index (κ1) is 82.9. The van der Waals surface area contributed by atoms with Crippen LogP contribution in [0.1, 0.15) is 323 Å². The maximum Gasteiger partial charge on any atom is 0.306 e. The first-order valence-electron chi connectivity index (χ1n) is 36.0. The van der Waals surface area contributed by atoms with Gasteiger partial charge in [-0.05, 0) is 115 Å². The number of amides is 1. The summed E-state index contributed by atoms with van der Waals surface area (Å²) >= 11 is 0. The molecule has 3 unspecified atom stereocenters. The van der Waals surface area contributed by atoms with Crippen LogP contribution in [0.4, 0.5) is 0 Å². The lowest BCUT2D eigenvalue weighted by molar-refractivity contribution is -0.870. The predicted molar refractivity (Wildman–Crippen MR) is 371 cm³/mol. The number of hydrogen-bond acceptors (Lipinski definition) is 7. The number of unbranched alkanes of at least 4 members (excludes halogenated alkanes) is 35. The molecule has 0 aromatic carbocycles. The van der Waals surface area contributed by atoms with Crippen molar-refractivity contribution in [3.05, 3.63) is 97.2 Å². The molecule has 0 aliphatic carbocycles. The van der Waals surface area contributed by atoms with Crippen LogP contribution in [-0.2, 0) is 27.9 Å². The Bertz CT molecular complexity index is 1790. The third kappa shape index (κ3) is 65.4. The molecular weight excluding hydrogens is 1080 g/mol. The number of phosphoric acid groups is 1. The van der Waals surface area contributed by atoms with E-state index in [0.29, 0.717) is 23.9 Å². The zero-order chi connectivity index (χ0) is 62.8. The molecule has 0 radical (unpaired) electrons. The fraction of sp³-hybridized carbons (Fsp3) is 0.763. The summed E-state index contributed by atoms with van der Waals surface area (Å²) in [6.45, 7) is 6.80. The quantitative estimate of drug-likeness (QED) is 0.0212. The molecular formula is C76H137N2O7P. The summed E-state index contributed by atoms with van der Waals surface area (Å²) in [5.41, 5.74) is 0. The van der Waals surface area contributed by atoms with Crippen LogP contribution < -0.4 is 10.2 Å². The third-order valence-corrected chi connectivity index (χ3v) is 16.7. The minimum absolute atomic E-state index is 0.0280. The number of carbonyl (C=O) groups excluding carboxylic acids is 2. The van der Waals surface area contributed by atoms with Crippen LogP contribution in [0.3, 0.4) is 0 Å². The summed E-state index contributed by atoms with van der Waals surface area (Å²) in [4.78, 5) is 40.2. The number of nitrogens with one attached hydrogen (secondary N) is 1. The molecule has 0 aromatic rings. The molecule has 0 aromatic heterocycles. The molecule has 0 saturated heterocycles. The topological polar surface area (TPSA) is 114 Å². The average molecular weight is 1220 g/mol. The second kappa shape index (κ2) is 64.9. The Morgan fingerprint density at radius 3 is 1.08 bits per heavy atom. The fourth-order valence-electron chi connectivity index (χ4n) is 10.2. The van der Waals surface area contributed by atoms with Gasteiger partial charge in [-0.1, -0.05) is 292 Å². The maximum atomic E-state index is 13.6. The van der Waals surface area contributed by atoms with Gasteiger partial charge in [0.1, 0.15) is 19.3 Å². The molecule has 0 rings (SSSR count). The molecule has 0 bridgehead atoms. The van der Waals surface area contributed by atoms with E-state index in [2.05, 4.69) is 111 Å². The number of hydrogen-bond donors (Lipinski definition) is 1. The summed E-state index contributed by atoms with van der Waals surface area (Å²) < 4.78 is 30.5. The van der Waals surface area contributed by atoms with Gasteiger partial charge in [0.25, 0.3) is 7.82 Å². The first-order chi connectivity index (χ1) is 41.9. The SMILES string of the molecule is CCCCC/C=C\C/C=C\C/C=C\C/C=C\CCCCCCCCCC(=O)OC(/C=C/CCCCCCCCCCCC)C(COP(=O)([O-])OCC[N+](C)(C)C)NC(=O)CCCCCCCCCCCCCC/C=C\C/C=C\C/C=C\CCCCC. The number of carbonyl (C=O) groups is 2. The number of nitrogens with zero attached hydrogens (tertiary/aromatic N) is 1. The molecule has 1 amide bonds. The van der Waals surface area contributed by atoms with E-state index in [1.54, 1.807) is 0 Å². The lowest BCUT2D eigenvalue weighted by Crippen LogP contribution is -2.47. The van der Waals surface area contributed by atoms with Crippen molar-refractivity contribution >= 4 is 19.7 Å². The van der Waals surface area contributed by atoms with Crippen molar-refractivity contribution in [1.29, 1.82) is 0 Å². The van der Waals surface area contributed by atoms with E-state index in [1.165, 1.54) is 180 Å². The molecule has 498 valence electrons. The second-order valence-electron chi connectivity index (χ2n) is 25.4. The highest BCUT2D eigenvalue weighted by Gasteiger charge is 2.27. The Morgan fingerprint density at radius 1 is 0.407 bits per heavy atom. The van der Waals surface area contributed by atoms with Crippen molar-refractivity contribution in [2.45, 2.75) is 335 Å². The van der Waals surface area contributed by atoms with Crippen LogP contribution >= 0.6 is 7.82 Å². The number of esters is 1. The highest BCUT2D eigenvalue weighted by Crippen LogP contribution is 2.38. The number of likely N-dealkylation sites (N-methyl/N-ethyl adjacent to an activating group) is 1. The first-order valence-corrected chi connectivity index (χ1v) is 37.5. The van der Waals surface area contributed by atoms with Gasteiger partial charge >= 0.3 is 5.97 Å². The van der Waals surface area contributed by atoms with Crippen LogP contribution in [0.15, 0.2) is 97.2 Å². The maximum absolute atomic E-state index is 13.6. The number of rotatable bonds is 65. The van der Waals surface area contributed by atoms with Gasteiger partial charge in [0.15, 0.2) is 0 Å². The van der Waals surface area contributed by atoms with Gasteiger partial charge in [-0.3, -0.25) is 14.2 Å². The monoisotopic (exact) mass is 1220 g/mol. The lowest BCUT2D eigenvalue weighted by atomic mass is 10.0. The molecule has 10 heteroatoms. The Labute approximate surface area is 532 Å². The van der Waals surface area contributed by atoms with Crippen LogP contribution in [-0.4, -0.2) is 69.4 Å². The standard InChI is InChI=1S/C76H137N2O7P/c1-7-10-13-16-19-22-25-28-30-32-34-36-38-39-41-42-44-46-48-50-53-56-59-62-65-68-75(79)77-73(72-84-86(81,82)83-71-70-78(4,5)6)74(67-64-61-58-55-52-27-24-21-18-15-12-9-3)85-76(80)69-66-63-60-57-54-51-49-47-45-43-40-37-35-33-31-29-26-23-20-17-14-11-8-2/h19-20,22-23,28-31,34-37,43,45,64,67,73-74H,7-18,21,24-27,32-33,38-42,44,46-63,65-66,68-72H2,1-6H3,(H-,77,79,81,82)/b22-19-,23-20-,30-28-,31-29-,36-34-,37-35-,45-43-,67-64+. The largest absolute Gasteiger partial charge is 0.756 e. The molecule has 3 atom stereocenters. The molecule has 0 aliphatic heterocycles. The summed E-state index contributed by atoms with van der Waals surface area (Å²) in [6.07, 6.45) is 88.1. The van der Waals surface area contributed by atoms with E-state index >= 15 is 0 Å². The van der Waals surface area contributed by atoms with Crippen molar-refractivity contribution in [2.75, 3.05) is 40.9 Å². The predicted octanol–water partition coefficient (Wildman–Crippen LogP) is 22.4. The minimum atomic E-state index is -4.71. The van der Waals surface area contributed by atoms with Crippen LogP contribution in [0, 0.1) is 0 Å². The van der Waals surface area contributed by atoms with E-state index in [9.17, 15) is 19.0 Å². The molecule has 0 saturated carbocycles. The highest BCUT2D eigenvalue weighted by atomic mass is 31.2. The van der Waals surface area contributed by atoms with E-state index in [0.717, 1.165) is 103 Å². The average Bonchev–Trinajstić information content (AvgIpc) is 3.69. The molecule has 0 aliphatic rings. The van der Waals surface area contributed by atoms with Crippen molar-refractivity contribution < 1.29 is 37.3 Å². The summed E-state index contributed by atoms with van der Waals surface area (Å²) in [7, 11) is 1.17. The molecule has 1 N–H and O–H groups in total. The lowest BCUT2D eigenvalue weighted by Gasteiger charge is -2.30.